The molecule has 5 heteroatoms. The number of rotatable bonds is 1. The monoisotopic (exact) mass is 165 g/mol. The summed E-state index contributed by atoms with van der Waals surface area (Å²) >= 11 is 0. The van der Waals surface area contributed by atoms with Crippen molar-refractivity contribution in [2.24, 2.45) is 0 Å². The third-order valence-corrected chi connectivity index (χ3v) is 0.732. The van der Waals surface area contributed by atoms with Crippen LogP contribution in [0.3, 0.4) is 0 Å². The first-order valence-electron chi connectivity index (χ1n) is 2.07. The fourth-order valence-electron chi connectivity index (χ4n) is 0.400. The van der Waals surface area contributed by atoms with Crippen molar-refractivity contribution >= 4 is 18.4 Å². The van der Waals surface area contributed by atoms with E-state index >= 15 is 0 Å². The number of hydrogen-bond acceptors (Lipinski definition) is 3. The predicted octanol–water partition coefficient (Wildman–Crippen LogP) is 1.56. The summed E-state index contributed by atoms with van der Waals surface area (Å²) in [5, 5.41) is 8.18. The quantitative estimate of drug-likeness (QED) is 0.661. The van der Waals surface area contributed by atoms with Crippen LogP contribution in [-0.2, 0) is 0 Å². The van der Waals surface area contributed by atoms with Crippen LogP contribution in [0, 0.1) is 0 Å². The molecule has 0 atom stereocenters. The summed E-state index contributed by atoms with van der Waals surface area (Å²) < 4.78 is 4.50. The number of aromatic carboxylic acids is 1. The van der Waals surface area contributed by atoms with Crippen molar-refractivity contribution in [1.29, 1.82) is 0 Å². The molecule has 0 amide bonds. The molecule has 0 aliphatic heterocycles. The molecule has 0 radical (unpaired) electrons. The molecule has 0 unspecified atom stereocenters. The maximum atomic E-state index is 9.97. The van der Waals surface area contributed by atoms with Crippen molar-refractivity contribution in [2.75, 3.05) is 0 Å². The number of carboxylic acids is 1. The number of hydrogen-bond donors (Lipinski definition) is 2. The van der Waals surface area contributed by atoms with Crippen LogP contribution < -0.4 is 6.15 Å². The van der Waals surface area contributed by atoms with Gasteiger partial charge in [-0.05, 0) is 12.1 Å². The molecule has 0 aliphatic rings. The molecule has 1 aromatic rings. The van der Waals surface area contributed by atoms with E-state index in [-0.39, 0.29) is 24.3 Å². The zero-order chi connectivity index (χ0) is 5.98. The van der Waals surface area contributed by atoms with Gasteiger partial charge < -0.3 is 15.7 Å². The van der Waals surface area contributed by atoms with Gasteiger partial charge in [-0.3, -0.25) is 0 Å². The Morgan fingerprint density at radius 3 is 2.40 bits per heavy atom. The third-order valence-electron chi connectivity index (χ3n) is 0.732. The Hall–Kier alpha value is -1.00. The summed E-state index contributed by atoms with van der Waals surface area (Å²) in [6, 6.07) is 2.92. The highest BCUT2D eigenvalue weighted by Crippen LogP contribution is 1.97. The van der Waals surface area contributed by atoms with Gasteiger partial charge >= 0.3 is 5.97 Å². The van der Waals surface area contributed by atoms with E-state index in [1.165, 1.54) is 18.4 Å². The highest BCUT2D eigenvalue weighted by molar-refractivity contribution is 5.85. The van der Waals surface area contributed by atoms with Crippen LogP contribution in [0.5, 0.6) is 0 Å². The molecule has 0 fully saturated rings. The van der Waals surface area contributed by atoms with Gasteiger partial charge in [0.2, 0.25) is 5.76 Å². The molecule has 0 aromatic carbocycles. The Balaban J connectivity index is 0. The van der Waals surface area contributed by atoms with Gasteiger partial charge in [0, 0.05) is 0 Å². The van der Waals surface area contributed by atoms with E-state index in [1.807, 2.05) is 0 Å². The summed E-state index contributed by atoms with van der Waals surface area (Å²) in [6.45, 7) is 0. The van der Waals surface area contributed by atoms with E-state index in [4.69, 9.17) is 5.11 Å². The average Bonchev–Trinajstić information content (AvgIpc) is 2.12. The van der Waals surface area contributed by atoms with E-state index in [0.29, 0.717) is 0 Å². The lowest BCUT2D eigenvalue weighted by molar-refractivity contribution is 0.0662. The molecule has 4 N–H and O–H groups in total. The molecule has 10 heavy (non-hydrogen) atoms. The minimum Gasteiger partial charge on any atom is -0.475 e. The van der Waals surface area contributed by atoms with E-state index in [1.54, 1.807) is 0 Å². The van der Waals surface area contributed by atoms with Crippen molar-refractivity contribution in [2.45, 2.75) is 0 Å². The van der Waals surface area contributed by atoms with E-state index in [9.17, 15) is 4.79 Å². The molecule has 1 aromatic heterocycles. The number of carboxylic acid groups (broad SMARTS) is 1. The van der Waals surface area contributed by atoms with E-state index in [0.717, 1.165) is 0 Å². The summed E-state index contributed by atoms with van der Waals surface area (Å²) in [5.74, 6) is -1.06. The molecule has 0 saturated heterocycles. The summed E-state index contributed by atoms with van der Waals surface area (Å²) in [4.78, 5) is 9.97. The molecule has 1 heterocycles. The Labute approximate surface area is 63.8 Å². The number of halogens is 1. The molecule has 0 spiro atoms. The summed E-state index contributed by atoms with van der Waals surface area (Å²) in [7, 11) is 0. The second kappa shape index (κ2) is 4.84. The largest absolute Gasteiger partial charge is 0.475 e. The first-order valence-corrected chi connectivity index (χ1v) is 2.07. The Morgan fingerprint density at radius 1 is 1.60 bits per heavy atom. The first-order chi connectivity index (χ1) is 3.80. The van der Waals surface area contributed by atoms with Crippen LogP contribution in [0.25, 0.3) is 0 Å². The maximum Gasteiger partial charge on any atom is 0.371 e. The fraction of sp³-hybridized carbons (Fsp3) is 0. The van der Waals surface area contributed by atoms with Crippen LogP contribution in [0.2, 0.25) is 0 Å². The average molecular weight is 166 g/mol. The van der Waals surface area contributed by atoms with E-state index in [2.05, 4.69) is 4.42 Å². The lowest BCUT2D eigenvalue weighted by Crippen LogP contribution is -1.90. The van der Waals surface area contributed by atoms with Crippen LogP contribution in [0.15, 0.2) is 22.8 Å². The first kappa shape index (κ1) is 11.8. The van der Waals surface area contributed by atoms with Crippen molar-refractivity contribution in [3.8, 4) is 0 Å². The van der Waals surface area contributed by atoms with E-state index < -0.39 is 5.97 Å². The molecule has 1 rings (SSSR count). The molecule has 4 nitrogen and oxygen atoms in total. The van der Waals surface area contributed by atoms with Crippen LogP contribution in [0.4, 0.5) is 0 Å². The van der Waals surface area contributed by atoms with Crippen molar-refractivity contribution in [1.82, 2.24) is 6.15 Å². The van der Waals surface area contributed by atoms with Gasteiger partial charge in [-0.15, -0.1) is 12.4 Å². The van der Waals surface area contributed by atoms with Crippen LogP contribution >= 0.6 is 12.4 Å². The molecule has 0 aliphatic carbocycles. The normalized spacial score (nSPS) is 7.20. The van der Waals surface area contributed by atoms with Crippen molar-refractivity contribution < 1.29 is 14.3 Å². The van der Waals surface area contributed by atoms with Gasteiger partial charge in [-0.1, -0.05) is 0 Å². The minimum atomic E-state index is -1.03. The molecular weight excluding hydrogens is 158 g/mol. The second-order valence-corrected chi connectivity index (χ2v) is 1.28. The smallest absolute Gasteiger partial charge is 0.371 e. The minimum absolute atomic E-state index is 0. The predicted molar refractivity (Wildman–Crippen MR) is 37.9 cm³/mol. The highest BCUT2D eigenvalue weighted by Gasteiger charge is 2.01. The second-order valence-electron chi connectivity index (χ2n) is 1.28. The van der Waals surface area contributed by atoms with Gasteiger partial charge in [-0.2, -0.15) is 0 Å². The summed E-state index contributed by atoms with van der Waals surface area (Å²) in [6.07, 6.45) is 1.32. The van der Waals surface area contributed by atoms with Gasteiger partial charge in [-0.25, -0.2) is 4.79 Å². The molecule has 0 saturated carbocycles. The van der Waals surface area contributed by atoms with Gasteiger partial charge in [0.1, 0.15) is 0 Å². The van der Waals surface area contributed by atoms with Crippen LogP contribution in [-0.4, -0.2) is 11.1 Å². The lowest BCUT2D eigenvalue weighted by Gasteiger charge is -1.79. The fourth-order valence-corrected chi connectivity index (χ4v) is 0.400. The molecule has 0 bridgehead atoms. The number of furan rings is 1. The standard InChI is InChI=1S/C5H4O3.ClH.H3N/c6-5(7)4-2-1-3-8-4;;/h1-3H,(H,6,7);1H;1H3. The SMILES string of the molecule is Cl.N.O=C(O)c1ccco1. The van der Waals surface area contributed by atoms with Crippen molar-refractivity contribution in [3.63, 3.8) is 0 Å². The summed E-state index contributed by atoms with van der Waals surface area (Å²) in [5.41, 5.74) is 0. The third kappa shape index (κ3) is 2.52. The molecular formula is C5H8ClNO3. The lowest BCUT2D eigenvalue weighted by atomic mass is 10.5. The van der Waals surface area contributed by atoms with Gasteiger partial charge in [0.15, 0.2) is 0 Å². The topological polar surface area (TPSA) is 85.4 Å². The maximum absolute atomic E-state index is 9.97. The zero-order valence-corrected chi connectivity index (χ0v) is 5.93. The van der Waals surface area contributed by atoms with Crippen LogP contribution in [0.1, 0.15) is 10.6 Å². The Morgan fingerprint density at radius 2 is 2.20 bits per heavy atom. The highest BCUT2D eigenvalue weighted by atomic mass is 35.5. The zero-order valence-electron chi connectivity index (χ0n) is 5.11. The Bertz CT molecular complexity index is 185. The Kier molecular flexibility index (Phi) is 5.69. The van der Waals surface area contributed by atoms with Crippen molar-refractivity contribution in [3.05, 3.63) is 24.2 Å². The number of carbonyl (C=O) groups is 1. The van der Waals surface area contributed by atoms with Gasteiger partial charge in [0.25, 0.3) is 0 Å². The van der Waals surface area contributed by atoms with Gasteiger partial charge in [0.05, 0.1) is 6.26 Å². The molecule has 58 valence electrons.